The fourth-order valence-electron chi connectivity index (χ4n) is 2.13. The van der Waals surface area contributed by atoms with Crippen LogP contribution in [0.1, 0.15) is 31.2 Å². The largest absolute Gasteiger partial charge is 0.394 e. The third-order valence-electron chi connectivity index (χ3n) is 3.33. The van der Waals surface area contributed by atoms with Crippen molar-refractivity contribution in [1.82, 2.24) is 9.97 Å². The Labute approximate surface area is 113 Å². The summed E-state index contributed by atoms with van der Waals surface area (Å²) in [4.78, 5) is 11.1. The van der Waals surface area contributed by atoms with Gasteiger partial charge in [0.25, 0.3) is 0 Å². The minimum absolute atomic E-state index is 0.0210. The van der Waals surface area contributed by atoms with Gasteiger partial charge in [-0.3, -0.25) is 0 Å². The van der Waals surface area contributed by atoms with Crippen LogP contribution >= 0.6 is 0 Å². The van der Waals surface area contributed by atoms with Gasteiger partial charge >= 0.3 is 0 Å². The minimum atomic E-state index is -0.160. The lowest BCUT2D eigenvalue weighted by Gasteiger charge is -2.34. The molecule has 1 aromatic rings. The van der Waals surface area contributed by atoms with Gasteiger partial charge in [0.2, 0.25) is 0 Å². The molecule has 0 bridgehead atoms. The number of hydrogen-bond donors (Lipinski definition) is 2. The third-order valence-corrected chi connectivity index (χ3v) is 3.33. The van der Waals surface area contributed by atoms with Crippen molar-refractivity contribution in [2.75, 3.05) is 36.9 Å². The van der Waals surface area contributed by atoms with Crippen LogP contribution in [-0.4, -0.2) is 47.5 Å². The Morgan fingerprint density at radius 3 is 2.84 bits per heavy atom. The summed E-state index contributed by atoms with van der Waals surface area (Å²) in [5, 5.41) is 9.21. The first-order valence-electron chi connectivity index (χ1n) is 6.64. The third kappa shape index (κ3) is 2.96. The SMILES string of the molecule is Cc1c(N)nc(C(C)C)nc1N1CCOC(CO)C1. The van der Waals surface area contributed by atoms with Crippen molar-refractivity contribution in [1.29, 1.82) is 0 Å². The topological polar surface area (TPSA) is 84.5 Å². The van der Waals surface area contributed by atoms with Crippen LogP contribution < -0.4 is 10.6 Å². The van der Waals surface area contributed by atoms with Crippen molar-refractivity contribution in [2.45, 2.75) is 32.8 Å². The molecule has 0 saturated carbocycles. The number of aliphatic hydroxyl groups is 1. The second kappa shape index (κ2) is 5.71. The average Bonchev–Trinajstić information content (AvgIpc) is 2.41. The van der Waals surface area contributed by atoms with Gasteiger partial charge in [0.1, 0.15) is 17.5 Å². The second-order valence-electron chi connectivity index (χ2n) is 5.19. The van der Waals surface area contributed by atoms with E-state index < -0.39 is 0 Å². The molecular weight excluding hydrogens is 244 g/mol. The maximum atomic E-state index is 9.21. The molecule has 19 heavy (non-hydrogen) atoms. The van der Waals surface area contributed by atoms with E-state index in [0.29, 0.717) is 19.0 Å². The molecule has 1 atom stereocenters. The highest BCUT2D eigenvalue weighted by molar-refractivity contribution is 5.57. The van der Waals surface area contributed by atoms with Gasteiger partial charge in [-0.15, -0.1) is 0 Å². The highest BCUT2D eigenvalue weighted by Gasteiger charge is 2.23. The van der Waals surface area contributed by atoms with Gasteiger partial charge in [-0.2, -0.15) is 0 Å². The summed E-state index contributed by atoms with van der Waals surface area (Å²) in [6.07, 6.45) is -0.160. The molecule has 0 aromatic carbocycles. The van der Waals surface area contributed by atoms with Crippen molar-refractivity contribution in [3.05, 3.63) is 11.4 Å². The molecule has 0 radical (unpaired) electrons. The first-order chi connectivity index (χ1) is 9.02. The van der Waals surface area contributed by atoms with Crippen LogP contribution in [0.15, 0.2) is 0 Å². The van der Waals surface area contributed by atoms with Gasteiger partial charge in [-0.25, -0.2) is 9.97 Å². The molecule has 2 rings (SSSR count). The Bertz CT molecular complexity index is 451. The van der Waals surface area contributed by atoms with E-state index in [1.807, 2.05) is 20.8 Å². The Morgan fingerprint density at radius 2 is 2.21 bits per heavy atom. The van der Waals surface area contributed by atoms with Gasteiger partial charge in [-0.05, 0) is 6.92 Å². The summed E-state index contributed by atoms with van der Waals surface area (Å²) in [5.74, 6) is 2.38. The molecule has 6 nitrogen and oxygen atoms in total. The van der Waals surface area contributed by atoms with E-state index in [9.17, 15) is 5.11 Å². The zero-order valence-electron chi connectivity index (χ0n) is 11.8. The number of ether oxygens (including phenoxy) is 1. The molecule has 1 aliphatic heterocycles. The maximum Gasteiger partial charge on any atom is 0.137 e. The number of aromatic nitrogens is 2. The van der Waals surface area contributed by atoms with Crippen LogP contribution in [0.3, 0.4) is 0 Å². The van der Waals surface area contributed by atoms with E-state index in [0.717, 1.165) is 23.8 Å². The zero-order chi connectivity index (χ0) is 14.0. The maximum absolute atomic E-state index is 9.21. The van der Waals surface area contributed by atoms with Crippen molar-refractivity contribution in [3.63, 3.8) is 0 Å². The van der Waals surface area contributed by atoms with Gasteiger partial charge in [-0.1, -0.05) is 13.8 Å². The predicted molar refractivity (Wildman–Crippen MR) is 74.3 cm³/mol. The second-order valence-corrected chi connectivity index (χ2v) is 5.19. The normalized spacial score (nSPS) is 20.1. The van der Waals surface area contributed by atoms with Gasteiger partial charge in [0, 0.05) is 24.6 Å². The van der Waals surface area contributed by atoms with E-state index in [1.165, 1.54) is 0 Å². The fraction of sp³-hybridized carbons (Fsp3) is 0.692. The number of nitrogens with zero attached hydrogens (tertiary/aromatic N) is 3. The molecular formula is C13H22N4O2. The highest BCUT2D eigenvalue weighted by Crippen LogP contribution is 2.25. The van der Waals surface area contributed by atoms with Crippen molar-refractivity contribution in [2.24, 2.45) is 0 Å². The van der Waals surface area contributed by atoms with Gasteiger partial charge in [0.05, 0.1) is 19.3 Å². The molecule has 1 saturated heterocycles. The standard InChI is InChI=1S/C13H22N4O2/c1-8(2)12-15-11(14)9(3)13(16-12)17-4-5-19-10(6-17)7-18/h8,10,18H,4-7H2,1-3H3,(H2,14,15,16). The highest BCUT2D eigenvalue weighted by atomic mass is 16.5. The Morgan fingerprint density at radius 1 is 1.47 bits per heavy atom. The van der Waals surface area contributed by atoms with E-state index in [4.69, 9.17) is 10.5 Å². The molecule has 0 amide bonds. The molecule has 1 unspecified atom stereocenters. The summed E-state index contributed by atoms with van der Waals surface area (Å²) in [7, 11) is 0. The van der Waals surface area contributed by atoms with Crippen molar-refractivity contribution < 1.29 is 9.84 Å². The summed E-state index contributed by atoms with van der Waals surface area (Å²) in [5.41, 5.74) is 6.87. The van der Waals surface area contributed by atoms with Crippen molar-refractivity contribution >= 4 is 11.6 Å². The van der Waals surface area contributed by atoms with Crippen LogP contribution in [0.2, 0.25) is 0 Å². The molecule has 1 aromatic heterocycles. The van der Waals surface area contributed by atoms with Crippen LogP contribution in [0.5, 0.6) is 0 Å². The smallest absolute Gasteiger partial charge is 0.137 e. The Balaban J connectivity index is 2.32. The molecule has 1 fully saturated rings. The molecule has 2 heterocycles. The summed E-state index contributed by atoms with van der Waals surface area (Å²) in [6, 6.07) is 0. The van der Waals surface area contributed by atoms with Gasteiger partial charge < -0.3 is 20.5 Å². The minimum Gasteiger partial charge on any atom is -0.394 e. The number of nitrogen functional groups attached to an aromatic ring is 1. The molecule has 106 valence electrons. The first-order valence-corrected chi connectivity index (χ1v) is 6.64. The molecule has 0 aliphatic carbocycles. The molecule has 1 aliphatic rings. The summed E-state index contributed by atoms with van der Waals surface area (Å²) in [6.45, 7) is 8.01. The van der Waals surface area contributed by atoms with Crippen molar-refractivity contribution in [3.8, 4) is 0 Å². The monoisotopic (exact) mass is 266 g/mol. The number of anilines is 2. The van der Waals surface area contributed by atoms with Gasteiger partial charge in [0.15, 0.2) is 0 Å². The lowest BCUT2D eigenvalue weighted by atomic mass is 10.2. The lowest BCUT2D eigenvalue weighted by Crippen LogP contribution is -2.45. The Hall–Kier alpha value is -1.40. The first kappa shape index (κ1) is 14.0. The number of morpholine rings is 1. The predicted octanol–water partition coefficient (Wildman–Crippen LogP) is 0.688. The van der Waals surface area contributed by atoms with Crippen LogP contribution in [0.4, 0.5) is 11.6 Å². The van der Waals surface area contributed by atoms with E-state index in [1.54, 1.807) is 0 Å². The summed E-state index contributed by atoms with van der Waals surface area (Å²) < 4.78 is 5.46. The number of aliphatic hydroxyl groups excluding tert-OH is 1. The van der Waals surface area contributed by atoms with E-state index in [-0.39, 0.29) is 18.6 Å². The molecule has 6 heteroatoms. The quantitative estimate of drug-likeness (QED) is 0.837. The van der Waals surface area contributed by atoms with Crippen LogP contribution in [0.25, 0.3) is 0 Å². The van der Waals surface area contributed by atoms with Crippen LogP contribution in [-0.2, 0) is 4.74 Å². The fourth-order valence-corrected chi connectivity index (χ4v) is 2.13. The number of hydrogen-bond acceptors (Lipinski definition) is 6. The van der Waals surface area contributed by atoms with E-state index >= 15 is 0 Å². The summed E-state index contributed by atoms with van der Waals surface area (Å²) >= 11 is 0. The molecule has 3 N–H and O–H groups in total. The Kier molecular flexibility index (Phi) is 4.21. The van der Waals surface area contributed by atoms with E-state index in [2.05, 4.69) is 14.9 Å². The lowest BCUT2D eigenvalue weighted by molar-refractivity contribution is 0.00332. The number of rotatable bonds is 3. The van der Waals surface area contributed by atoms with Crippen LogP contribution in [0, 0.1) is 6.92 Å². The average molecular weight is 266 g/mol. The number of nitrogens with two attached hydrogens (primary N) is 1. The zero-order valence-corrected chi connectivity index (χ0v) is 11.8. The molecule has 0 spiro atoms.